The average Bonchev–Trinajstić information content (AvgIpc) is 2.66. The van der Waals surface area contributed by atoms with Crippen molar-refractivity contribution < 1.29 is 4.42 Å². The lowest BCUT2D eigenvalue weighted by Gasteiger charge is -1.95. The molecule has 16 heavy (non-hydrogen) atoms. The summed E-state index contributed by atoms with van der Waals surface area (Å²) in [4.78, 5) is 0. The Hall–Kier alpha value is -2.08. The van der Waals surface area contributed by atoms with Crippen LogP contribution in [-0.4, -0.2) is 10.2 Å². The maximum atomic E-state index is 5.33. The topological polar surface area (TPSA) is 38.9 Å². The van der Waals surface area contributed by atoms with Gasteiger partial charge in [-0.2, -0.15) is 0 Å². The molecule has 0 amide bonds. The molecule has 82 valence electrons. The second kappa shape index (κ2) is 5.13. The molecule has 0 saturated heterocycles. The standard InChI is InChI=1S/C12H10N2O.CH4/c1-3-5-10-6-4-7-11(8-10)12-14-13-9(2)15-12;/h4,6-8H,1-2H3;1H4. The molecule has 0 aliphatic heterocycles. The van der Waals surface area contributed by atoms with Gasteiger partial charge in [0.05, 0.1) is 0 Å². The predicted octanol–water partition coefficient (Wildman–Crippen LogP) is 3.05. The maximum Gasteiger partial charge on any atom is 0.247 e. The molecule has 0 radical (unpaired) electrons. The maximum absolute atomic E-state index is 5.33. The van der Waals surface area contributed by atoms with Crippen LogP contribution in [0.4, 0.5) is 0 Å². The van der Waals surface area contributed by atoms with Crippen molar-refractivity contribution in [2.24, 2.45) is 0 Å². The molecule has 1 aromatic heterocycles. The number of aryl methyl sites for hydroxylation is 1. The van der Waals surface area contributed by atoms with Gasteiger partial charge >= 0.3 is 0 Å². The first-order chi connectivity index (χ1) is 7.29. The highest BCUT2D eigenvalue weighted by Gasteiger charge is 2.05. The van der Waals surface area contributed by atoms with Crippen LogP contribution in [0.2, 0.25) is 0 Å². The first kappa shape index (κ1) is 12.0. The first-order valence-corrected chi connectivity index (χ1v) is 4.63. The van der Waals surface area contributed by atoms with Crippen molar-refractivity contribution in [1.82, 2.24) is 10.2 Å². The molecular formula is C13H14N2O. The van der Waals surface area contributed by atoms with E-state index in [1.54, 1.807) is 6.92 Å². The highest BCUT2D eigenvalue weighted by atomic mass is 16.4. The zero-order valence-corrected chi connectivity index (χ0v) is 8.61. The molecule has 1 aromatic carbocycles. The van der Waals surface area contributed by atoms with Gasteiger partial charge in [0, 0.05) is 18.1 Å². The molecule has 0 bridgehead atoms. The van der Waals surface area contributed by atoms with Gasteiger partial charge in [0.2, 0.25) is 11.8 Å². The highest BCUT2D eigenvalue weighted by Crippen LogP contribution is 2.18. The lowest BCUT2D eigenvalue weighted by Crippen LogP contribution is -1.80. The number of nitrogens with zero attached hydrogens (tertiary/aromatic N) is 2. The smallest absolute Gasteiger partial charge is 0.247 e. The summed E-state index contributed by atoms with van der Waals surface area (Å²) in [6, 6.07) is 7.73. The Morgan fingerprint density at radius 1 is 1.25 bits per heavy atom. The van der Waals surface area contributed by atoms with E-state index < -0.39 is 0 Å². The molecule has 0 spiro atoms. The van der Waals surface area contributed by atoms with E-state index in [-0.39, 0.29) is 7.43 Å². The van der Waals surface area contributed by atoms with Gasteiger partial charge in [-0.15, -0.1) is 16.1 Å². The largest absolute Gasteiger partial charge is 0.421 e. The van der Waals surface area contributed by atoms with Gasteiger partial charge in [-0.05, 0) is 25.1 Å². The zero-order chi connectivity index (χ0) is 10.7. The minimum atomic E-state index is 0. The van der Waals surface area contributed by atoms with E-state index in [2.05, 4.69) is 22.0 Å². The SMILES string of the molecule is C.CC#Cc1cccc(-c2nnc(C)o2)c1. The Balaban J connectivity index is 0.00000128. The quantitative estimate of drug-likeness (QED) is 0.685. The van der Waals surface area contributed by atoms with Gasteiger partial charge in [0.1, 0.15) is 0 Å². The van der Waals surface area contributed by atoms with Crippen LogP contribution in [0.5, 0.6) is 0 Å². The Labute approximate surface area is 95.5 Å². The summed E-state index contributed by atoms with van der Waals surface area (Å²) in [5, 5.41) is 7.74. The van der Waals surface area contributed by atoms with E-state index in [1.165, 1.54) is 0 Å². The van der Waals surface area contributed by atoms with Gasteiger partial charge in [0.15, 0.2) is 0 Å². The van der Waals surface area contributed by atoms with Crippen LogP contribution in [0.15, 0.2) is 28.7 Å². The third-order valence-electron chi connectivity index (χ3n) is 1.90. The van der Waals surface area contributed by atoms with Crippen molar-refractivity contribution >= 4 is 0 Å². The van der Waals surface area contributed by atoms with Gasteiger partial charge in [-0.1, -0.05) is 19.4 Å². The fraction of sp³-hybridized carbons (Fsp3) is 0.231. The molecule has 0 fully saturated rings. The predicted molar refractivity (Wildman–Crippen MR) is 63.8 cm³/mol. The number of benzene rings is 1. The summed E-state index contributed by atoms with van der Waals surface area (Å²) in [5.41, 5.74) is 1.85. The van der Waals surface area contributed by atoms with Crippen LogP contribution in [0.25, 0.3) is 11.5 Å². The molecule has 0 unspecified atom stereocenters. The van der Waals surface area contributed by atoms with E-state index in [9.17, 15) is 0 Å². The van der Waals surface area contributed by atoms with E-state index in [0.717, 1.165) is 11.1 Å². The second-order valence-electron chi connectivity index (χ2n) is 3.08. The van der Waals surface area contributed by atoms with E-state index in [0.29, 0.717) is 11.8 Å². The minimum Gasteiger partial charge on any atom is -0.421 e. The molecular weight excluding hydrogens is 200 g/mol. The van der Waals surface area contributed by atoms with Gasteiger partial charge in [-0.25, -0.2) is 0 Å². The highest BCUT2D eigenvalue weighted by molar-refractivity contribution is 5.56. The van der Waals surface area contributed by atoms with Crippen LogP contribution < -0.4 is 0 Å². The normalized spacial score (nSPS) is 8.88. The zero-order valence-electron chi connectivity index (χ0n) is 8.61. The molecule has 0 aliphatic rings. The van der Waals surface area contributed by atoms with Crippen molar-refractivity contribution in [3.8, 4) is 23.3 Å². The third kappa shape index (κ3) is 2.48. The molecule has 0 N–H and O–H groups in total. The van der Waals surface area contributed by atoms with E-state index >= 15 is 0 Å². The fourth-order valence-electron chi connectivity index (χ4n) is 1.29. The summed E-state index contributed by atoms with van der Waals surface area (Å²) < 4.78 is 5.33. The Morgan fingerprint density at radius 3 is 2.69 bits per heavy atom. The number of hydrogen-bond donors (Lipinski definition) is 0. The number of hydrogen-bond acceptors (Lipinski definition) is 3. The summed E-state index contributed by atoms with van der Waals surface area (Å²) in [6.45, 7) is 3.58. The molecule has 2 aromatic rings. The Bertz CT molecular complexity index is 532. The van der Waals surface area contributed by atoms with Crippen molar-refractivity contribution in [2.45, 2.75) is 21.3 Å². The van der Waals surface area contributed by atoms with Gasteiger partial charge < -0.3 is 4.42 Å². The average molecular weight is 214 g/mol. The summed E-state index contributed by atoms with van der Waals surface area (Å²) >= 11 is 0. The fourth-order valence-corrected chi connectivity index (χ4v) is 1.29. The monoisotopic (exact) mass is 214 g/mol. The summed E-state index contributed by atoms with van der Waals surface area (Å²) in [6.07, 6.45) is 0. The van der Waals surface area contributed by atoms with Gasteiger partial charge in [0.25, 0.3) is 0 Å². The molecule has 1 heterocycles. The van der Waals surface area contributed by atoms with Crippen LogP contribution >= 0.6 is 0 Å². The molecule has 0 saturated carbocycles. The van der Waals surface area contributed by atoms with Crippen molar-refractivity contribution in [3.63, 3.8) is 0 Å². The molecule has 3 heteroatoms. The van der Waals surface area contributed by atoms with E-state index in [1.807, 2.05) is 31.2 Å². The second-order valence-corrected chi connectivity index (χ2v) is 3.08. The summed E-state index contributed by atoms with van der Waals surface area (Å²) in [5.74, 6) is 6.94. The lowest BCUT2D eigenvalue weighted by atomic mass is 10.1. The lowest BCUT2D eigenvalue weighted by molar-refractivity contribution is 0.533. The Morgan fingerprint density at radius 2 is 2.06 bits per heavy atom. The van der Waals surface area contributed by atoms with Crippen LogP contribution in [-0.2, 0) is 0 Å². The molecule has 3 nitrogen and oxygen atoms in total. The van der Waals surface area contributed by atoms with E-state index in [4.69, 9.17) is 4.42 Å². The van der Waals surface area contributed by atoms with Crippen LogP contribution in [0.3, 0.4) is 0 Å². The van der Waals surface area contributed by atoms with Crippen molar-refractivity contribution in [1.29, 1.82) is 0 Å². The van der Waals surface area contributed by atoms with Crippen molar-refractivity contribution in [2.75, 3.05) is 0 Å². The van der Waals surface area contributed by atoms with Crippen LogP contribution in [0, 0.1) is 18.8 Å². The first-order valence-electron chi connectivity index (χ1n) is 4.63. The Kier molecular flexibility index (Phi) is 3.84. The number of rotatable bonds is 1. The molecule has 2 rings (SSSR count). The number of aromatic nitrogens is 2. The van der Waals surface area contributed by atoms with Crippen molar-refractivity contribution in [3.05, 3.63) is 35.7 Å². The molecule has 0 atom stereocenters. The van der Waals surface area contributed by atoms with Crippen LogP contribution in [0.1, 0.15) is 25.8 Å². The third-order valence-corrected chi connectivity index (χ3v) is 1.90. The van der Waals surface area contributed by atoms with Gasteiger partial charge in [-0.3, -0.25) is 0 Å². The summed E-state index contributed by atoms with van der Waals surface area (Å²) in [7, 11) is 0. The molecule has 0 aliphatic carbocycles. The minimum absolute atomic E-state index is 0.